The van der Waals surface area contributed by atoms with E-state index in [-0.39, 0.29) is 22.3 Å². The van der Waals surface area contributed by atoms with Gasteiger partial charge in [-0.2, -0.15) is 5.10 Å². The Kier molecular flexibility index (Phi) is 6.75. The van der Waals surface area contributed by atoms with Gasteiger partial charge in [0, 0.05) is 42.3 Å². The summed E-state index contributed by atoms with van der Waals surface area (Å²) in [6.45, 7) is 1.59. The Hall–Kier alpha value is -2.59. The summed E-state index contributed by atoms with van der Waals surface area (Å²) in [6, 6.07) is 9.39. The Balaban J connectivity index is 1.68. The maximum atomic E-state index is 14.5. The van der Waals surface area contributed by atoms with Gasteiger partial charge in [0.05, 0.1) is 17.5 Å². The fourth-order valence-electron chi connectivity index (χ4n) is 3.01. The van der Waals surface area contributed by atoms with Gasteiger partial charge in [-0.25, -0.2) is 8.78 Å². The van der Waals surface area contributed by atoms with E-state index in [0.717, 1.165) is 22.8 Å². The molecule has 1 aliphatic rings. The van der Waals surface area contributed by atoms with E-state index in [0.29, 0.717) is 31.7 Å². The molecule has 1 amide bonds. The molecule has 0 spiro atoms. The van der Waals surface area contributed by atoms with Gasteiger partial charge in [-0.15, -0.1) is 0 Å². The number of thiocarbonyl (C=S) groups is 1. The van der Waals surface area contributed by atoms with Crippen molar-refractivity contribution in [2.45, 2.75) is 0 Å². The van der Waals surface area contributed by atoms with Crippen LogP contribution < -0.4 is 16.1 Å². The predicted molar refractivity (Wildman–Crippen MR) is 116 cm³/mol. The highest BCUT2D eigenvalue weighted by Crippen LogP contribution is 2.25. The number of hydrogen-bond acceptors (Lipinski definition) is 4. The lowest BCUT2D eigenvalue weighted by Gasteiger charge is -2.36. The highest BCUT2D eigenvalue weighted by atomic mass is 79.9. The second-order valence-electron chi connectivity index (χ2n) is 6.32. The lowest BCUT2D eigenvalue weighted by atomic mass is 10.1. The Morgan fingerprint density at radius 2 is 1.86 bits per heavy atom. The van der Waals surface area contributed by atoms with Crippen molar-refractivity contribution < 1.29 is 13.6 Å². The molecule has 1 fully saturated rings. The molecule has 0 saturated carbocycles. The molecule has 29 heavy (non-hydrogen) atoms. The lowest BCUT2D eigenvalue weighted by Crippen LogP contribution is -2.49. The van der Waals surface area contributed by atoms with E-state index in [4.69, 9.17) is 5.73 Å². The smallest absolute Gasteiger partial charge is 0.255 e. The molecular weight excluding hydrogens is 464 g/mol. The Labute approximate surface area is 180 Å². The van der Waals surface area contributed by atoms with Crippen molar-refractivity contribution in [3.8, 4) is 0 Å². The van der Waals surface area contributed by atoms with Gasteiger partial charge in [0.15, 0.2) is 5.11 Å². The average Bonchev–Trinajstić information content (AvgIpc) is 2.70. The molecule has 0 atom stereocenters. The van der Waals surface area contributed by atoms with Gasteiger partial charge in [-0.1, -0.05) is 12.1 Å². The van der Waals surface area contributed by atoms with Crippen LogP contribution in [-0.2, 0) is 0 Å². The molecule has 1 heterocycles. The average molecular weight is 482 g/mol. The molecule has 152 valence electrons. The van der Waals surface area contributed by atoms with Crippen molar-refractivity contribution >= 4 is 51.1 Å². The van der Waals surface area contributed by atoms with Crippen LogP contribution in [0.15, 0.2) is 46.0 Å². The third kappa shape index (κ3) is 5.07. The second kappa shape index (κ2) is 9.27. The summed E-state index contributed by atoms with van der Waals surface area (Å²) in [7, 11) is 0. The number of nitrogens with zero attached hydrogens (tertiary/aromatic N) is 3. The number of piperazine rings is 1. The first kappa shape index (κ1) is 21.1. The molecule has 2 aromatic rings. The molecule has 10 heteroatoms. The van der Waals surface area contributed by atoms with Crippen LogP contribution in [0.5, 0.6) is 0 Å². The fourth-order valence-corrected chi connectivity index (χ4v) is 3.52. The van der Waals surface area contributed by atoms with Crippen LogP contribution >= 0.6 is 28.1 Å². The number of carbonyl (C=O) groups is 1. The van der Waals surface area contributed by atoms with E-state index in [1.807, 2.05) is 12.1 Å². The summed E-state index contributed by atoms with van der Waals surface area (Å²) in [5.74, 6) is -1.30. The van der Waals surface area contributed by atoms with Crippen molar-refractivity contribution in [1.29, 1.82) is 0 Å². The van der Waals surface area contributed by atoms with E-state index in [1.165, 1.54) is 0 Å². The quantitative estimate of drug-likeness (QED) is 0.399. The van der Waals surface area contributed by atoms with Gasteiger partial charge >= 0.3 is 0 Å². The first-order chi connectivity index (χ1) is 13.9. The third-order valence-corrected chi connectivity index (χ3v) is 5.24. The van der Waals surface area contributed by atoms with Gasteiger partial charge in [0.1, 0.15) is 11.6 Å². The number of hydrazone groups is 1. The van der Waals surface area contributed by atoms with E-state index < -0.39 is 11.6 Å². The molecule has 1 aliphatic heterocycles. The topological polar surface area (TPSA) is 74.0 Å². The largest absolute Gasteiger partial charge is 0.375 e. The number of benzene rings is 2. The number of anilines is 1. The van der Waals surface area contributed by atoms with Gasteiger partial charge in [-0.3, -0.25) is 10.2 Å². The van der Waals surface area contributed by atoms with Gasteiger partial charge < -0.3 is 15.5 Å². The molecule has 2 aromatic carbocycles. The van der Waals surface area contributed by atoms with E-state index in [9.17, 15) is 13.6 Å². The first-order valence-corrected chi connectivity index (χ1v) is 9.93. The minimum absolute atomic E-state index is 0.0299. The zero-order valence-corrected chi connectivity index (χ0v) is 17.6. The molecule has 0 aromatic heterocycles. The molecular formula is C19H18BrF2N5OS. The number of halogens is 3. The highest BCUT2D eigenvalue weighted by molar-refractivity contribution is 9.10. The number of carbonyl (C=O) groups excluding carboxylic acids is 1. The number of rotatable bonds is 4. The first-order valence-electron chi connectivity index (χ1n) is 8.73. The lowest BCUT2D eigenvalue weighted by molar-refractivity contribution is 0.0745. The van der Waals surface area contributed by atoms with E-state index >= 15 is 0 Å². The van der Waals surface area contributed by atoms with Gasteiger partial charge in [-0.05, 0) is 46.3 Å². The maximum Gasteiger partial charge on any atom is 0.255 e. The molecule has 0 unspecified atom stereocenters. The molecule has 0 aliphatic carbocycles. The summed E-state index contributed by atoms with van der Waals surface area (Å²) in [6.07, 6.45) is 1.11. The molecule has 6 nitrogen and oxygen atoms in total. The second-order valence-corrected chi connectivity index (χ2v) is 7.61. The Morgan fingerprint density at radius 1 is 1.17 bits per heavy atom. The van der Waals surface area contributed by atoms with Crippen molar-refractivity contribution in [1.82, 2.24) is 10.3 Å². The van der Waals surface area contributed by atoms with Crippen molar-refractivity contribution in [3.63, 3.8) is 0 Å². The van der Waals surface area contributed by atoms with Crippen molar-refractivity contribution in [2.75, 3.05) is 31.1 Å². The third-order valence-electron chi connectivity index (χ3n) is 4.46. The van der Waals surface area contributed by atoms with Crippen LogP contribution in [0.25, 0.3) is 0 Å². The van der Waals surface area contributed by atoms with Crippen LogP contribution in [-0.4, -0.2) is 48.3 Å². The Morgan fingerprint density at radius 3 is 2.52 bits per heavy atom. The van der Waals surface area contributed by atoms with E-state index in [2.05, 4.69) is 38.7 Å². The van der Waals surface area contributed by atoms with Crippen molar-refractivity contribution in [2.24, 2.45) is 10.8 Å². The van der Waals surface area contributed by atoms with Crippen LogP contribution in [0.1, 0.15) is 15.9 Å². The zero-order valence-electron chi connectivity index (χ0n) is 15.2. The number of amides is 1. The molecule has 0 radical (unpaired) electrons. The molecule has 0 bridgehead atoms. The molecule has 3 N–H and O–H groups in total. The predicted octanol–water partition coefficient (Wildman–Crippen LogP) is 2.86. The summed E-state index contributed by atoms with van der Waals surface area (Å²) in [5, 5.41) is 3.57. The number of hydrogen-bond donors (Lipinski definition) is 2. The van der Waals surface area contributed by atoms with Crippen LogP contribution in [0.3, 0.4) is 0 Å². The summed E-state index contributed by atoms with van der Waals surface area (Å²) < 4.78 is 29.6. The minimum Gasteiger partial charge on any atom is -0.375 e. The standard InChI is InChI=1S/C19H18BrF2N5OS/c20-14-4-2-1-3-13(14)18(28)27-7-5-26(6-8-27)17-10-15(21)12(9-16(17)22)11-24-25-19(23)29/h1-4,9-11H,5-8H2,(H3,23,25,29)/b24-11+. The Bertz CT molecular complexity index is 964. The normalized spacial score (nSPS) is 14.3. The highest BCUT2D eigenvalue weighted by Gasteiger charge is 2.25. The maximum absolute atomic E-state index is 14.5. The van der Waals surface area contributed by atoms with E-state index in [1.54, 1.807) is 21.9 Å². The van der Waals surface area contributed by atoms with Crippen molar-refractivity contribution in [3.05, 3.63) is 63.6 Å². The fraction of sp³-hybridized carbons (Fsp3) is 0.211. The van der Waals surface area contributed by atoms with Crippen LogP contribution in [0.4, 0.5) is 14.5 Å². The zero-order chi connectivity index (χ0) is 21.0. The number of nitrogens with one attached hydrogen (secondary N) is 1. The van der Waals surface area contributed by atoms with Crippen LogP contribution in [0.2, 0.25) is 0 Å². The minimum atomic E-state index is -0.624. The molecule has 1 saturated heterocycles. The summed E-state index contributed by atoms with van der Waals surface area (Å²) >= 11 is 7.97. The monoisotopic (exact) mass is 481 g/mol. The molecule has 3 rings (SSSR count). The summed E-state index contributed by atoms with van der Waals surface area (Å²) in [4.78, 5) is 16.1. The van der Waals surface area contributed by atoms with Gasteiger partial charge in [0.2, 0.25) is 0 Å². The SMILES string of the molecule is NC(=S)N/N=C/c1cc(F)c(N2CCN(C(=O)c3ccccc3Br)CC2)cc1F. The number of nitrogens with two attached hydrogens (primary N) is 1. The summed E-state index contributed by atoms with van der Waals surface area (Å²) in [5.41, 5.74) is 8.21. The van der Waals surface area contributed by atoms with Gasteiger partial charge in [0.25, 0.3) is 5.91 Å². The van der Waals surface area contributed by atoms with Crippen LogP contribution in [0, 0.1) is 11.6 Å².